The number of amidine groups is 1. The molecule has 112 valence electrons. The Morgan fingerprint density at radius 1 is 0.708 bits per heavy atom. The van der Waals surface area contributed by atoms with Crippen molar-refractivity contribution in [2.45, 2.75) is 6.54 Å². The van der Waals surface area contributed by atoms with Gasteiger partial charge in [0.15, 0.2) is 0 Å². The van der Waals surface area contributed by atoms with E-state index in [4.69, 9.17) is 4.99 Å². The third kappa shape index (κ3) is 1.43. The molecule has 0 N–H and O–H groups in total. The Hall–Kier alpha value is -3.13. The summed E-state index contributed by atoms with van der Waals surface area (Å²) < 4.78 is 0. The summed E-state index contributed by atoms with van der Waals surface area (Å²) in [6.07, 6.45) is 0. The van der Waals surface area contributed by atoms with E-state index in [0.717, 1.165) is 18.1 Å². The number of benzene rings is 4. The molecule has 2 aliphatic rings. The van der Waals surface area contributed by atoms with Crippen LogP contribution in [0.5, 0.6) is 0 Å². The summed E-state index contributed by atoms with van der Waals surface area (Å²) in [5.41, 5.74) is 4.95. The van der Waals surface area contributed by atoms with Gasteiger partial charge in [0, 0.05) is 10.9 Å². The molecule has 2 heteroatoms. The fraction of sp³-hybridized carbons (Fsp3) is 0.0455. The van der Waals surface area contributed by atoms with Crippen LogP contribution in [-0.4, -0.2) is 5.84 Å². The maximum absolute atomic E-state index is 5.05. The highest BCUT2D eigenvalue weighted by Gasteiger charge is 2.29. The predicted octanol–water partition coefficient (Wildman–Crippen LogP) is 5.40. The standard InChI is InChI=1S/C22H14N2/c1-5-14-6-2-10-17-20(14)16(9-1)13-24-19-12-4-8-15-7-3-11-18(21(15)19)23-22(17)24/h1-12H,13H2. The van der Waals surface area contributed by atoms with Crippen LogP contribution < -0.4 is 4.90 Å². The molecule has 24 heavy (non-hydrogen) atoms. The highest BCUT2D eigenvalue weighted by Crippen LogP contribution is 2.43. The molecule has 2 aliphatic heterocycles. The van der Waals surface area contributed by atoms with Gasteiger partial charge in [-0.15, -0.1) is 0 Å². The van der Waals surface area contributed by atoms with E-state index in [1.54, 1.807) is 0 Å². The van der Waals surface area contributed by atoms with Gasteiger partial charge in [0.05, 0.1) is 17.9 Å². The SMILES string of the molecule is c1cc2c3c(cccc3c1)C1=Nc3cccc4cccc(c34)N1C2. The summed E-state index contributed by atoms with van der Waals surface area (Å²) in [7, 11) is 0. The molecule has 0 saturated carbocycles. The zero-order valence-electron chi connectivity index (χ0n) is 13.0. The Bertz CT molecular complexity index is 1160. The van der Waals surface area contributed by atoms with Crippen molar-refractivity contribution in [1.82, 2.24) is 0 Å². The minimum atomic E-state index is 0.876. The minimum Gasteiger partial charge on any atom is -0.321 e. The predicted molar refractivity (Wildman–Crippen MR) is 100 cm³/mol. The normalized spacial score (nSPS) is 14.7. The summed E-state index contributed by atoms with van der Waals surface area (Å²) in [5.74, 6) is 1.07. The first kappa shape index (κ1) is 12.3. The second kappa shape index (κ2) is 4.24. The Balaban J connectivity index is 1.76. The zero-order valence-corrected chi connectivity index (χ0v) is 13.0. The van der Waals surface area contributed by atoms with E-state index in [0.29, 0.717) is 0 Å². The van der Waals surface area contributed by atoms with E-state index in [-0.39, 0.29) is 0 Å². The van der Waals surface area contributed by atoms with Gasteiger partial charge in [-0.05, 0) is 33.9 Å². The fourth-order valence-corrected chi connectivity index (χ4v) is 4.18. The van der Waals surface area contributed by atoms with E-state index >= 15 is 0 Å². The maximum atomic E-state index is 5.05. The van der Waals surface area contributed by atoms with Crippen LogP contribution in [0, 0.1) is 0 Å². The van der Waals surface area contributed by atoms with Crippen LogP contribution >= 0.6 is 0 Å². The van der Waals surface area contributed by atoms with Crippen LogP contribution in [0.4, 0.5) is 11.4 Å². The second-order valence-corrected chi connectivity index (χ2v) is 6.49. The molecular weight excluding hydrogens is 292 g/mol. The van der Waals surface area contributed by atoms with Gasteiger partial charge in [-0.3, -0.25) is 0 Å². The lowest BCUT2D eigenvalue weighted by Crippen LogP contribution is -2.36. The van der Waals surface area contributed by atoms with Crippen LogP contribution in [0.3, 0.4) is 0 Å². The molecule has 4 aromatic rings. The summed E-state index contributed by atoms with van der Waals surface area (Å²) >= 11 is 0. The van der Waals surface area contributed by atoms with E-state index < -0.39 is 0 Å². The van der Waals surface area contributed by atoms with Crippen molar-refractivity contribution in [3.8, 4) is 0 Å². The number of anilines is 1. The largest absolute Gasteiger partial charge is 0.321 e. The average Bonchev–Trinajstić information content (AvgIpc) is 2.64. The first-order valence-electron chi connectivity index (χ1n) is 8.29. The van der Waals surface area contributed by atoms with Gasteiger partial charge in [0.1, 0.15) is 5.84 Å². The van der Waals surface area contributed by atoms with Crippen molar-refractivity contribution >= 4 is 38.8 Å². The smallest absolute Gasteiger partial charge is 0.141 e. The van der Waals surface area contributed by atoms with Gasteiger partial charge in [-0.2, -0.15) is 0 Å². The number of nitrogens with zero attached hydrogens (tertiary/aromatic N) is 2. The molecule has 0 saturated heterocycles. The summed E-state index contributed by atoms with van der Waals surface area (Å²) in [6, 6.07) is 26.0. The Kier molecular flexibility index (Phi) is 2.17. The number of fused-ring (bicyclic) bond motifs is 3. The van der Waals surface area contributed by atoms with Crippen LogP contribution in [0.2, 0.25) is 0 Å². The third-order valence-corrected chi connectivity index (χ3v) is 5.19. The molecule has 0 radical (unpaired) electrons. The lowest BCUT2D eigenvalue weighted by Gasteiger charge is -2.35. The molecular formula is C22H14N2. The molecule has 0 unspecified atom stereocenters. The third-order valence-electron chi connectivity index (χ3n) is 5.19. The number of hydrogen-bond donors (Lipinski definition) is 0. The van der Waals surface area contributed by atoms with Gasteiger partial charge in [-0.25, -0.2) is 4.99 Å². The van der Waals surface area contributed by atoms with E-state index in [2.05, 4.69) is 77.7 Å². The van der Waals surface area contributed by atoms with Gasteiger partial charge in [0.2, 0.25) is 0 Å². The number of aliphatic imine (C=N–C) groups is 1. The number of rotatable bonds is 0. The first-order chi connectivity index (χ1) is 11.9. The molecule has 2 nitrogen and oxygen atoms in total. The Labute approximate surface area is 139 Å². The molecule has 0 amide bonds. The van der Waals surface area contributed by atoms with Crippen LogP contribution in [0.15, 0.2) is 77.8 Å². The maximum Gasteiger partial charge on any atom is 0.141 e. The van der Waals surface area contributed by atoms with Gasteiger partial charge in [-0.1, -0.05) is 60.7 Å². The molecule has 0 aliphatic carbocycles. The van der Waals surface area contributed by atoms with Gasteiger partial charge >= 0.3 is 0 Å². The highest BCUT2D eigenvalue weighted by atomic mass is 15.2. The zero-order chi connectivity index (χ0) is 15.7. The molecule has 0 atom stereocenters. The summed E-state index contributed by atoms with van der Waals surface area (Å²) in [4.78, 5) is 7.42. The average molecular weight is 306 g/mol. The molecule has 0 aromatic heterocycles. The van der Waals surface area contributed by atoms with Crippen LogP contribution in [-0.2, 0) is 6.54 Å². The molecule has 0 bridgehead atoms. The molecule has 4 aromatic carbocycles. The van der Waals surface area contributed by atoms with Crippen molar-refractivity contribution < 1.29 is 0 Å². The monoisotopic (exact) mass is 306 g/mol. The highest BCUT2D eigenvalue weighted by molar-refractivity contribution is 6.25. The van der Waals surface area contributed by atoms with Crippen molar-refractivity contribution in [3.63, 3.8) is 0 Å². The molecule has 2 heterocycles. The van der Waals surface area contributed by atoms with Crippen molar-refractivity contribution in [2.24, 2.45) is 4.99 Å². The minimum absolute atomic E-state index is 0.876. The molecule has 0 fully saturated rings. The summed E-state index contributed by atoms with van der Waals surface area (Å²) in [5, 5.41) is 5.16. The van der Waals surface area contributed by atoms with E-state index in [1.165, 1.54) is 38.4 Å². The lowest BCUT2D eigenvalue weighted by molar-refractivity contribution is 0.999. The van der Waals surface area contributed by atoms with Gasteiger partial charge < -0.3 is 4.90 Å². The molecule has 6 rings (SSSR count). The van der Waals surface area contributed by atoms with Crippen LogP contribution in [0.1, 0.15) is 11.1 Å². The van der Waals surface area contributed by atoms with Gasteiger partial charge in [0.25, 0.3) is 0 Å². The first-order valence-corrected chi connectivity index (χ1v) is 8.29. The fourth-order valence-electron chi connectivity index (χ4n) is 4.18. The lowest BCUT2D eigenvalue weighted by atomic mass is 9.92. The van der Waals surface area contributed by atoms with Crippen molar-refractivity contribution in [1.29, 1.82) is 0 Å². The van der Waals surface area contributed by atoms with E-state index in [1.807, 2.05) is 0 Å². The topological polar surface area (TPSA) is 15.6 Å². The number of hydrogen-bond acceptors (Lipinski definition) is 2. The Morgan fingerprint density at radius 2 is 1.42 bits per heavy atom. The van der Waals surface area contributed by atoms with E-state index in [9.17, 15) is 0 Å². The van der Waals surface area contributed by atoms with Crippen molar-refractivity contribution in [2.75, 3.05) is 4.90 Å². The summed E-state index contributed by atoms with van der Waals surface area (Å²) in [6.45, 7) is 0.876. The molecule has 0 spiro atoms. The quantitative estimate of drug-likeness (QED) is 0.424. The van der Waals surface area contributed by atoms with Crippen LogP contribution in [0.25, 0.3) is 21.5 Å². The Morgan fingerprint density at radius 3 is 2.29 bits per heavy atom. The second-order valence-electron chi connectivity index (χ2n) is 6.49. The van der Waals surface area contributed by atoms with Crippen molar-refractivity contribution in [3.05, 3.63) is 83.9 Å².